The fraction of sp³-hybridized carbons (Fsp3) is 0.882. The maximum atomic E-state index is 11.6. The molecule has 0 spiro atoms. The summed E-state index contributed by atoms with van der Waals surface area (Å²) in [6.07, 6.45) is 2.97. The Hall–Kier alpha value is -0.380. The van der Waals surface area contributed by atoms with Crippen molar-refractivity contribution >= 4 is 47.8 Å². The molecule has 6 nitrogen and oxygen atoms in total. The second-order valence-electron chi connectivity index (χ2n) is 7.31. The first-order valence-electron chi connectivity index (χ1n) is 8.87. The minimum Gasteiger partial charge on any atom is -0.444 e. The lowest BCUT2D eigenvalue weighted by atomic mass is 10.1. The van der Waals surface area contributed by atoms with Gasteiger partial charge in [0.25, 0.3) is 0 Å². The summed E-state index contributed by atoms with van der Waals surface area (Å²) in [4.78, 5) is 16.3. The summed E-state index contributed by atoms with van der Waals surface area (Å²) in [5, 5.41) is 9.36. The maximum absolute atomic E-state index is 11.6. The van der Waals surface area contributed by atoms with Crippen LogP contribution in [0.1, 0.15) is 53.9 Å². The third-order valence-electron chi connectivity index (χ3n) is 3.53. The second-order valence-corrected chi connectivity index (χ2v) is 8.99. The number of thioether (sulfide) groups is 1. The highest BCUT2D eigenvalue weighted by Crippen LogP contribution is 2.37. The van der Waals surface area contributed by atoms with Gasteiger partial charge in [-0.2, -0.15) is 11.8 Å². The van der Waals surface area contributed by atoms with E-state index < -0.39 is 5.60 Å². The van der Waals surface area contributed by atoms with Gasteiger partial charge in [0, 0.05) is 24.4 Å². The summed E-state index contributed by atoms with van der Waals surface area (Å²) < 4.78 is 5.48. The molecule has 0 aromatic rings. The molecule has 1 aliphatic heterocycles. The van der Waals surface area contributed by atoms with Gasteiger partial charge >= 0.3 is 6.09 Å². The van der Waals surface area contributed by atoms with E-state index in [0.29, 0.717) is 6.54 Å². The van der Waals surface area contributed by atoms with Gasteiger partial charge < -0.3 is 20.7 Å². The van der Waals surface area contributed by atoms with Gasteiger partial charge in [0.1, 0.15) is 5.60 Å². The molecule has 1 heterocycles. The molecule has 0 radical (unpaired) electrons. The van der Waals surface area contributed by atoms with E-state index in [2.05, 4.69) is 29.8 Å². The number of carbonyl (C=O) groups is 1. The number of nitrogens with one attached hydrogen (secondary N) is 3. The first-order valence-corrected chi connectivity index (χ1v) is 9.86. The lowest BCUT2D eigenvalue weighted by molar-refractivity contribution is 0.0527. The Kier molecular flexibility index (Phi) is 11.9. The van der Waals surface area contributed by atoms with Gasteiger partial charge in [-0.3, -0.25) is 4.99 Å². The third kappa shape index (κ3) is 11.8. The lowest BCUT2D eigenvalue weighted by Gasteiger charge is -2.21. The smallest absolute Gasteiger partial charge is 0.407 e. The summed E-state index contributed by atoms with van der Waals surface area (Å²) in [7, 11) is 0. The molecule has 0 aliphatic carbocycles. The van der Waals surface area contributed by atoms with Crippen molar-refractivity contribution in [1.82, 2.24) is 16.0 Å². The highest BCUT2D eigenvalue weighted by Gasteiger charge is 2.29. The molecule has 0 saturated carbocycles. The van der Waals surface area contributed by atoms with Crippen LogP contribution in [-0.4, -0.2) is 54.3 Å². The van der Waals surface area contributed by atoms with Gasteiger partial charge in [-0.15, -0.1) is 24.0 Å². The number of guanidine groups is 1. The van der Waals surface area contributed by atoms with Crippen molar-refractivity contribution in [1.29, 1.82) is 0 Å². The molecule has 1 rings (SSSR count). The third-order valence-corrected chi connectivity index (χ3v) is 5.05. The van der Waals surface area contributed by atoms with Crippen molar-refractivity contribution in [3.8, 4) is 0 Å². The number of nitrogens with zero attached hydrogens (tertiary/aromatic N) is 1. The molecule has 1 fully saturated rings. The van der Waals surface area contributed by atoms with Gasteiger partial charge in [-0.25, -0.2) is 4.79 Å². The van der Waals surface area contributed by atoms with Crippen LogP contribution in [0.25, 0.3) is 0 Å². The van der Waals surface area contributed by atoms with Gasteiger partial charge in [0.15, 0.2) is 5.96 Å². The zero-order valence-electron chi connectivity index (χ0n) is 16.2. The van der Waals surface area contributed by atoms with Crippen LogP contribution in [0, 0.1) is 0 Å². The second kappa shape index (κ2) is 12.1. The van der Waals surface area contributed by atoms with Gasteiger partial charge in [0.05, 0.1) is 6.54 Å². The van der Waals surface area contributed by atoms with E-state index in [1.165, 1.54) is 18.6 Å². The summed E-state index contributed by atoms with van der Waals surface area (Å²) in [6, 6.07) is 0. The van der Waals surface area contributed by atoms with Gasteiger partial charge in [-0.1, -0.05) is 0 Å². The molecule has 0 bridgehead atoms. The van der Waals surface area contributed by atoms with Crippen LogP contribution in [0.15, 0.2) is 4.99 Å². The minimum absolute atomic E-state index is 0. The van der Waals surface area contributed by atoms with Gasteiger partial charge in [-0.05, 0) is 59.6 Å². The van der Waals surface area contributed by atoms with E-state index in [-0.39, 0.29) is 34.8 Å². The van der Waals surface area contributed by atoms with Crippen LogP contribution in [0.4, 0.5) is 4.79 Å². The normalized spacial score (nSPS) is 20.6. The van der Waals surface area contributed by atoms with Crippen LogP contribution in [0.2, 0.25) is 0 Å². The van der Waals surface area contributed by atoms with Crippen molar-refractivity contribution in [2.24, 2.45) is 4.99 Å². The van der Waals surface area contributed by atoms with E-state index in [0.717, 1.165) is 32.0 Å². The molecular weight excluding hydrogens is 451 g/mol. The summed E-state index contributed by atoms with van der Waals surface area (Å²) in [5.41, 5.74) is -0.457. The summed E-state index contributed by atoms with van der Waals surface area (Å²) >= 11 is 2.02. The van der Waals surface area contributed by atoms with Crippen LogP contribution in [0.5, 0.6) is 0 Å². The Balaban J connectivity index is 0.00000576. The standard InChI is InChI=1S/C17H34N4O2S.HI/c1-6-18-14(21-13-17(5)9-7-12-24-17)19-10-8-11-20-15(22)23-16(2,3)4;/h6-13H2,1-5H3,(H,20,22)(H2,18,19,21);1H. The molecule has 0 aromatic carbocycles. The Labute approximate surface area is 174 Å². The number of carbonyl (C=O) groups excluding carboxylic acids is 1. The van der Waals surface area contributed by atoms with E-state index in [9.17, 15) is 4.79 Å². The number of hydrogen-bond acceptors (Lipinski definition) is 4. The Bertz CT molecular complexity index is 421. The Morgan fingerprint density at radius 2 is 1.92 bits per heavy atom. The number of ether oxygens (including phenoxy) is 1. The summed E-state index contributed by atoms with van der Waals surface area (Å²) in [6.45, 7) is 12.9. The first-order chi connectivity index (χ1) is 11.2. The monoisotopic (exact) mass is 486 g/mol. The van der Waals surface area contributed by atoms with E-state index in [1.807, 2.05) is 32.5 Å². The molecule has 0 aromatic heterocycles. The predicted octanol–water partition coefficient (Wildman–Crippen LogP) is 3.36. The maximum Gasteiger partial charge on any atom is 0.407 e. The highest BCUT2D eigenvalue weighted by atomic mass is 127. The zero-order chi connectivity index (χ0) is 18.1. The molecule has 148 valence electrons. The SMILES string of the molecule is CCNC(=NCC1(C)CCCS1)NCCCNC(=O)OC(C)(C)C.I. The largest absolute Gasteiger partial charge is 0.444 e. The number of amides is 1. The summed E-state index contributed by atoms with van der Waals surface area (Å²) in [5.74, 6) is 2.09. The first kappa shape index (κ1) is 24.6. The fourth-order valence-electron chi connectivity index (χ4n) is 2.35. The molecular formula is C17H35IN4O2S. The van der Waals surface area contributed by atoms with E-state index in [4.69, 9.17) is 9.73 Å². The number of hydrogen-bond donors (Lipinski definition) is 3. The van der Waals surface area contributed by atoms with Crippen molar-refractivity contribution < 1.29 is 9.53 Å². The lowest BCUT2D eigenvalue weighted by Crippen LogP contribution is -2.40. The van der Waals surface area contributed by atoms with E-state index >= 15 is 0 Å². The quantitative estimate of drug-likeness (QED) is 0.223. The Morgan fingerprint density at radius 3 is 2.48 bits per heavy atom. The molecule has 8 heteroatoms. The molecule has 25 heavy (non-hydrogen) atoms. The van der Waals surface area contributed by atoms with E-state index in [1.54, 1.807) is 0 Å². The van der Waals surface area contributed by atoms with Crippen molar-refractivity contribution in [3.05, 3.63) is 0 Å². The molecule has 1 unspecified atom stereocenters. The predicted molar refractivity (Wildman–Crippen MR) is 118 cm³/mol. The van der Waals surface area contributed by atoms with Crippen LogP contribution < -0.4 is 16.0 Å². The zero-order valence-corrected chi connectivity index (χ0v) is 19.4. The molecule has 1 saturated heterocycles. The fourth-order valence-corrected chi connectivity index (χ4v) is 3.58. The average Bonchev–Trinajstić information content (AvgIpc) is 2.89. The number of aliphatic imine (C=N–C) groups is 1. The molecule has 1 amide bonds. The van der Waals surface area contributed by atoms with Gasteiger partial charge in [0.2, 0.25) is 0 Å². The number of halogens is 1. The number of rotatable bonds is 7. The highest BCUT2D eigenvalue weighted by molar-refractivity contribution is 14.0. The van der Waals surface area contributed by atoms with Crippen molar-refractivity contribution in [2.75, 3.05) is 31.9 Å². The minimum atomic E-state index is -0.457. The Morgan fingerprint density at radius 1 is 1.24 bits per heavy atom. The average molecular weight is 486 g/mol. The molecule has 1 atom stereocenters. The van der Waals surface area contributed by atoms with Crippen LogP contribution >= 0.6 is 35.7 Å². The molecule has 3 N–H and O–H groups in total. The van der Waals surface area contributed by atoms with Crippen LogP contribution in [-0.2, 0) is 4.74 Å². The number of alkyl carbamates (subject to hydrolysis) is 1. The molecule has 1 aliphatic rings. The van der Waals surface area contributed by atoms with Crippen LogP contribution in [0.3, 0.4) is 0 Å². The van der Waals surface area contributed by atoms with Crippen molar-refractivity contribution in [3.63, 3.8) is 0 Å². The van der Waals surface area contributed by atoms with Crippen molar-refractivity contribution in [2.45, 2.75) is 64.2 Å². The topological polar surface area (TPSA) is 74.8 Å².